The topological polar surface area (TPSA) is 139 Å². The van der Waals surface area contributed by atoms with Crippen LogP contribution in [0.15, 0.2) is 36.0 Å². The van der Waals surface area contributed by atoms with Gasteiger partial charge in [0.05, 0.1) is 12.2 Å². The number of allylic oxidation sites excluding steroid dienone is 3. The van der Waals surface area contributed by atoms with Crippen molar-refractivity contribution in [2.75, 3.05) is 7.11 Å². The summed E-state index contributed by atoms with van der Waals surface area (Å²) < 4.78 is 11.1. The molecule has 0 aromatic heterocycles. The highest BCUT2D eigenvalue weighted by Crippen LogP contribution is 2.26. The Hall–Kier alpha value is -2.62. The predicted octanol–water partition coefficient (Wildman–Crippen LogP) is 2.16. The monoisotopic (exact) mass is 505 g/mol. The number of ketones is 1. The van der Waals surface area contributed by atoms with Crippen LogP contribution in [0.3, 0.4) is 0 Å². The van der Waals surface area contributed by atoms with Crippen molar-refractivity contribution in [2.45, 2.75) is 83.7 Å². The van der Waals surface area contributed by atoms with Gasteiger partial charge >= 0.3 is 5.97 Å². The molecule has 0 saturated carbocycles. The van der Waals surface area contributed by atoms with Crippen LogP contribution in [-0.2, 0) is 28.7 Å². The molecule has 0 aromatic carbocycles. The Morgan fingerprint density at radius 1 is 1.22 bits per heavy atom. The van der Waals surface area contributed by atoms with Crippen LogP contribution in [0.5, 0.6) is 0 Å². The van der Waals surface area contributed by atoms with E-state index in [1.807, 2.05) is 6.08 Å². The lowest BCUT2D eigenvalue weighted by Gasteiger charge is -2.31. The lowest BCUT2D eigenvalue weighted by atomic mass is 9.86. The number of hydrogen-bond donors (Lipinski definition) is 3. The molecule has 1 fully saturated rings. The standard InChI is InChI=1S/C27H39NO8/c1-16(21(30)15-20(29)12-19-13-23(31)28-24(32)14-19)11-17(2)27-18(3)26(34)22(35-4)9-7-5-6-8-10-25(33)36-27/h7-11,16,18-20,22,26-27,29,34H,5-6,12-15H2,1-4H3,(H,28,31,32). The SMILES string of the molecule is COC1C=CCCC=CC(=O)OC(C(C)=CC(C)C(=O)CC(O)CC2CC(=O)NC(=O)C2)C(C)C1O. The quantitative estimate of drug-likeness (QED) is 0.259. The maximum atomic E-state index is 12.8. The van der Waals surface area contributed by atoms with Gasteiger partial charge in [-0.1, -0.05) is 38.2 Å². The summed E-state index contributed by atoms with van der Waals surface area (Å²) in [5, 5.41) is 23.6. The average molecular weight is 506 g/mol. The van der Waals surface area contributed by atoms with Crippen molar-refractivity contribution in [3.05, 3.63) is 36.0 Å². The fourth-order valence-corrected chi connectivity index (χ4v) is 4.68. The van der Waals surface area contributed by atoms with Gasteiger partial charge in [0.2, 0.25) is 11.8 Å². The van der Waals surface area contributed by atoms with E-state index in [1.165, 1.54) is 13.2 Å². The fourth-order valence-electron chi connectivity index (χ4n) is 4.68. The Morgan fingerprint density at radius 3 is 2.50 bits per heavy atom. The molecule has 0 spiro atoms. The Kier molecular flexibility index (Phi) is 11.7. The molecule has 2 amide bonds. The highest BCUT2D eigenvalue weighted by atomic mass is 16.5. The number of imide groups is 1. The predicted molar refractivity (Wildman–Crippen MR) is 132 cm³/mol. The van der Waals surface area contributed by atoms with E-state index in [0.29, 0.717) is 18.4 Å². The van der Waals surface area contributed by atoms with E-state index in [9.17, 15) is 29.4 Å². The Morgan fingerprint density at radius 2 is 1.86 bits per heavy atom. The molecule has 0 aliphatic carbocycles. The van der Waals surface area contributed by atoms with Gasteiger partial charge in [0, 0.05) is 44.3 Å². The zero-order valence-corrected chi connectivity index (χ0v) is 21.5. The van der Waals surface area contributed by atoms with E-state index < -0.39 is 42.2 Å². The van der Waals surface area contributed by atoms with Crippen LogP contribution in [0, 0.1) is 17.8 Å². The van der Waals surface area contributed by atoms with Crippen molar-refractivity contribution in [3.63, 3.8) is 0 Å². The minimum atomic E-state index is -0.975. The highest BCUT2D eigenvalue weighted by molar-refractivity contribution is 5.97. The van der Waals surface area contributed by atoms with E-state index in [-0.39, 0.29) is 49.2 Å². The minimum absolute atomic E-state index is 0.126. The van der Waals surface area contributed by atoms with Crippen LogP contribution in [0.4, 0.5) is 0 Å². The van der Waals surface area contributed by atoms with Crippen LogP contribution in [0.25, 0.3) is 0 Å². The maximum Gasteiger partial charge on any atom is 0.331 e. The van der Waals surface area contributed by atoms with E-state index in [4.69, 9.17) is 9.47 Å². The number of rotatable bonds is 8. The molecule has 2 aliphatic rings. The lowest BCUT2D eigenvalue weighted by molar-refractivity contribution is -0.147. The molecule has 0 radical (unpaired) electrons. The number of piperidine rings is 1. The summed E-state index contributed by atoms with van der Waals surface area (Å²) in [6.45, 7) is 5.18. The van der Waals surface area contributed by atoms with Crippen LogP contribution >= 0.6 is 0 Å². The summed E-state index contributed by atoms with van der Waals surface area (Å²) in [6.07, 6.45) is 6.84. The van der Waals surface area contributed by atoms with Gasteiger partial charge < -0.3 is 19.7 Å². The molecule has 9 heteroatoms. The van der Waals surface area contributed by atoms with Crippen molar-refractivity contribution < 1.29 is 38.9 Å². The number of hydrogen-bond acceptors (Lipinski definition) is 8. The number of esters is 1. The van der Waals surface area contributed by atoms with Gasteiger partial charge in [-0.05, 0) is 37.7 Å². The van der Waals surface area contributed by atoms with Crippen molar-refractivity contribution in [1.82, 2.24) is 5.32 Å². The van der Waals surface area contributed by atoms with Gasteiger partial charge in [0.15, 0.2) is 0 Å². The lowest BCUT2D eigenvalue weighted by Crippen LogP contribution is -2.41. The average Bonchev–Trinajstić information content (AvgIpc) is 2.79. The van der Waals surface area contributed by atoms with E-state index >= 15 is 0 Å². The van der Waals surface area contributed by atoms with E-state index in [1.54, 1.807) is 39.0 Å². The van der Waals surface area contributed by atoms with Crippen LogP contribution in [0.2, 0.25) is 0 Å². The van der Waals surface area contributed by atoms with Gasteiger partial charge in [-0.25, -0.2) is 4.79 Å². The van der Waals surface area contributed by atoms with E-state index in [2.05, 4.69) is 5.32 Å². The van der Waals surface area contributed by atoms with Gasteiger partial charge in [-0.2, -0.15) is 0 Å². The second kappa shape index (κ2) is 14.2. The summed E-state index contributed by atoms with van der Waals surface area (Å²) in [5.41, 5.74) is 0.601. The van der Waals surface area contributed by atoms with Crippen molar-refractivity contribution in [3.8, 4) is 0 Å². The molecule has 6 atom stereocenters. The highest BCUT2D eigenvalue weighted by Gasteiger charge is 2.33. The Bertz CT molecular complexity index is 876. The Labute approximate surface area is 212 Å². The number of nitrogens with one attached hydrogen (secondary N) is 1. The summed E-state index contributed by atoms with van der Waals surface area (Å²) in [4.78, 5) is 48.3. The largest absolute Gasteiger partial charge is 0.454 e. The van der Waals surface area contributed by atoms with Crippen LogP contribution < -0.4 is 5.32 Å². The minimum Gasteiger partial charge on any atom is -0.454 e. The molecule has 0 bridgehead atoms. The zero-order chi connectivity index (χ0) is 26.8. The third-order valence-electron chi connectivity index (χ3n) is 6.69. The number of ether oxygens (including phenoxy) is 2. The first-order valence-electron chi connectivity index (χ1n) is 12.5. The number of cyclic esters (lactones) is 1. The molecular weight excluding hydrogens is 466 g/mol. The molecule has 2 aliphatic heterocycles. The number of methoxy groups -OCH3 is 1. The number of carbonyl (C=O) groups excluding carboxylic acids is 4. The molecule has 2 heterocycles. The van der Waals surface area contributed by atoms with Crippen LogP contribution in [-0.4, -0.2) is 65.3 Å². The first-order chi connectivity index (χ1) is 17.0. The third kappa shape index (κ3) is 9.11. The molecule has 3 N–H and O–H groups in total. The van der Waals surface area contributed by atoms with Crippen molar-refractivity contribution in [1.29, 1.82) is 0 Å². The third-order valence-corrected chi connectivity index (χ3v) is 6.69. The summed E-state index contributed by atoms with van der Waals surface area (Å²) in [6, 6.07) is 0. The molecule has 6 unspecified atom stereocenters. The maximum absolute atomic E-state index is 12.8. The molecular formula is C27H39NO8. The van der Waals surface area contributed by atoms with Crippen LogP contribution in [0.1, 0.15) is 59.3 Å². The number of aliphatic hydroxyl groups is 2. The first kappa shape index (κ1) is 29.6. The number of amides is 2. The van der Waals surface area contributed by atoms with E-state index in [0.717, 1.165) is 0 Å². The smallest absolute Gasteiger partial charge is 0.331 e. The van der Waals surface area contributed by atoms with Gasteiger partial charge in [-0.3, -0.25) is 19.7 Å². The van der Waals surface area contributed by atoms with Crippen molar-refractivity contribution >= 4 is 23.6 Å². The van der Waals surface area contributed by atoms with Gasteiger partial charge in [0.1, 0.15) is 18.0 Å². The molecule has 36 heavy (non-hydrogen) atoms. The van der Waals surface area contributed by atoms with Gasteiger partial charge in [0.25, 0.3) is 0 Å². The molecule has 9 nitrogen and oxygen atoms in total. The molecule has 0 aromatic rings. The fraction of sp³-hybridized carbons (Fsp3) is 0.630. The second-order valence-corrected chi connectivity index (χ2v) is 9.82. The summed E-state index contributed by atoms with van der Waals surface area (Å²) in [5.74, 6) is -2.92. The van der Waals surface area contributed by atoms with Gasteiger partial charge in [-0.15, -0.1) is 0 Å². The zero-order valence-electron chi connectivity index (χ0n) is 21.5. The molecule has 2 rings (SSSR count). The number of carbonyl (C=O) groups is 4. The number of Topliss-reactive ketones (excluding diaryl/α,β-unsaturated/α-hetero) is 1. The first-order valence-corrected chi connectivity index (χ1v) is 12.5. The molecule has 200 valence electrons. The number of aliphatic hydroxyl groups excluding tert-OH is 2. The Balaban J connectivity index is 2.10. The summed E-state index contributed by atoms with van der Waals surface area (Å²) >= 11 is 0. The normalized spacial score (nSPS) is 28.5. The summed E-state index contributed by atoms with van der Waals surface area (Å²) in [7, 11) is 1.50. The molecule has 1 saturated heterocycles. The second-order valence-electron chi connectivity index (χ2n) is 9.82. The van der Waals surface area contributed by atoms with Crippen molar-refractivity contribution in [2.24, 2.45) is 17.8 Å².